The first-order valence-corrected chi connectivity index (χ1v) is 5.18. The molecule has 17 heavy (non-hydrogen) atoms. The maximum Gasteiger partial charge on any atom is 0.347 e. The second-order valence-corrected chi connectivity index (χ2v) is 4.47. The minimum absolute atomic E-state index is 0.227. The molecule has 0 aromatic carbocycles. The number of ketones is 2. The van der Waals surface area contributed by atoms with Gasteiger partial charge in [-0.1, -0.05) is 6.08 Å². The van der Waals surface area contributed by atoms with Gasteiger partial charge in [-0.3, -0.25) is 9.59 Å². The van der Waals surface area contributed by atoms with Gasteiger partial charge in [0.15, 0.2) is 11.6 Å². The molecule has 5 heteroatoms. The van der Waals surface area contributed by atoms with Crippen LogP contribution in [0.15, 0.2) is 24.3 Å². The predicted molar refractivity (Wildman–Crippen MR) is 56.9 cm³/mol. The van der Waals surface area contributed by atoms with Gasteiger partial charge in [-0.05, 0) is 19.4 Å². The molecule has 2 rings (SSSR count). The average Bonchev–Trinajstić information content (AvgIpc) is 2.53. The van der Waals surface area contributed by atoms with Crippen LogP contribution in [-0.2, 0) is 19.1 Å². The van der Waals surface area contributed by atoms with Crippen LogP contribution in [0.25, 0.3) is 0 Å². The third-order valence-electron chi connectivity index (χ3n) is 3.40. The van der Waals surface area contributed by atoms with Crippen molar-refractivity contribution in [3.05, 3.63) is 24.3 Å². The molecule has 0 amide bonds. The van der Waals surface area contributed by atoms with Gasteiger partial charge in [0.2, 0.25) is 5.60 Å². The van der Waals surface area contributed by atoms with Crippen molar-refractivity contribution in [1.29, 1.82) is 0 Å². The van der Waals surface area contributed by atoms with Crippen molar-refractivity contribution in [2.24, 2.45) is 5.41 Å². The molecule has 0 saturated carbocycles. The zero-order valence-electron chi connectivity index (χ0n) is 9.36. The summed E-state index contributed by atoms with van der Waals surface area (Å²) in [6.45, 7) is 4.58. The molecule has 1 aliphatic heterocycles. The van der Waals surface area contributed by atoms with E-state index in [1.165, 1.54) is 13.0 Å². The van der Waals surface area contributed by atoms with Crippen LogP contribution in [0.4, 0.5) is 0 Å². The summed E-state index contributed by atoms with van der Waals surface area (Å²) >= 11 is 0. The van der Waals surface area contributed by atoms with Crippen LogP contribution in [0.3, 0.4) is 0 Å². The van der Waals surface area contributed by atoms with Crippen molar-refractivity contribution >= 4 is 17.5 Å². The van der Waals surface area contributed by atoms with E-state index in [4.69, 9.17) is 0 Å². The maximum absolute atomic E-state index is 12.2. The molecule has 0 spiro atoms. The summed E-state index contributed by atoms with van der Waals surface area (Å²) in [5.41, 5.74) is -3.64. The van der Waals surface area contributed by atoms with Crippen LogP contribution >= 0.6 is 0 Å². The summed E-state index contributed by atoms with van der Waals surface area (Å²) < 4.78 is 4.68. The molecule has 90 valence electrons. The Morgan fingerprint density at radius 2 is 2.18 bits per heavy atom. The van der Waals surface area contributed by atoms with E-state index in [-0.39, 0.29) is 18.6 Å². The van der Waals surface area contributed by atoms with Gasteiger partial charge in [-0.25, -0.2) is 4.79 Å². The van der Waals surface area contributed by atoms with Gasteiger partial charge in [-0.2, -0.15) is 0 Å². The molecule has 2 aliphatic rings. The lowest BCUT2D eigenvalue weighted by Crippen LogP contribution is -2.60. The second-order valence-electron chi connectivity index (χ2n) is 4.47. The van der Waals surface area contributed by atoms with Gasteiger partial charge in [0.25, 0.3) is 0 Å². The molecule has 1 fully saturated rings. The average molecular weight is 236 g/mol. The Hall–Kier alpha value is -1.75. The number of rotatable bonds is 2. The van der Waals surface area contributed by atoms with Crippen LogP contribution in [-0.4, -0.2) is 34.9 Å². The second kappa shape index (κ2) is 3.37. The topological polar surface area (TPSA) is 80.7 Å². The monoisotopic (exact) mass is 236 g/mol. The fourth-order valence-electron chi connectivity index (χ4n) is 2.24. The molecule has 1 aliphatic carbocycles. The lowest BCUT2D eigenvalue weighted by atomic mass is 9.64. The molecular formula is C12H12O5. The Labute approximate surface area is 97.8 Å². The Bertz CT molecular complexity index is 475. The summed E-state index contributed by atoms with van der Waals surface area (Å²) in [6.07, 6.45) is 2.73. The van der Waals surface area contributed by atoms with E-state index in [2.05, 4.69) is 11.3 Å². The standard InChI is InChI=1S/C12H12O5/c1-3-4-7-5-8(13)12(16)10(15)17-6-11(12,2)9(7)14/h3,5,16H,1,4,6H2,2H3/t11-,12+/m1/s1. The molecule has 5 nitrogen and oxygen atoms in total. The molecule has 2 atom stereocenters. The maximum atomic E-state index is 12.2. The minimum Gasteiger partial charge on any atom is -0.462 e. The molecular weight excluding hydrogens is 224 g/mol. The third-order valence-corrected chi connectivity index (χ3v) is 3.40. The predicted octanol–water partition coefficient (Wildman–Crippen LogP) is -0.0651. The lowest BCUT2D eigenvalue weighted by molar-refractivity contribution is -0.166. The van der Waals surface area contributed by atoms with Gasteiger partial charge >= 0.3 is 5.97 Å². The van der Waals surface area contributed by atoms with Gasteiger partial charge in [-0.15, -0.1) is 6.58 Å². The number of esters is 1. The number of cyclic esters (lactones) is 1. The van der Waals surface area contributed by atoms with Crippen LogP contribution in [0.5, 0.6) is 0 Å². The summed E-state index contributed by atoms with van der Waals surface area (Å²) in [5.74, 6) is -2.28. The first-order valence-electron chi connectivity index (χ1n) is 5.18. The van der Waals surface area contributed by atoms with E-state index in [1.54, 1.807) is 0 Å². The van der Waals surface area contributed by atoms with Crippen molar-refractivity contribution in [2.45, 2.75) is 18.9 Å². The van der Waals surface area contributed by atoms with E-state index >= 15 is 0 Å². The number of aliphatic hydroxyl groups is 1. The summed E-state index contributed by atoms with van der Waals surface area (Å²) in [4.78, 5) is 35.4. The lowest BCUT2D eigenvalue weighted by Gasteiger charge is -2.35. The third kappa shape index (κ3) is 1.20. The highest BCUT2D eigenvalue weighted by Gasteiger charge is 2.69. The van der Waals surface area contributed by atoms with E-state index in [9.17, 15) is 19.5 Å². The normalized spacial score (nSPS) is 36.4. The van der Waals surface area contributed by atoms with E-state index in [0.29, 0.717) is 0 Å². The van der Waals surface area contributed by atoms with E-state index in [0.717, 1.165) is 6.08 Å². The Morgan fingerprint density at radius 3 is 2.76 bits per heavy atom. The molecule has 0 unspecified atom stereocenters. The SMILES string of the molecule is C=CCC1=CC(=O)[C@]2(O)C(=O)OC[C@]2(C)C1=O. The molecule has 1 N–H and O–H groups in total. The Balaban J connectivity index is 2.59. The van der Waals surface area contributed by atoms with Gasteiger partial charge in [0, 0.05) is 5.57 Å². The van der Waals surface area contributed by atoms with Gasteiger partial charge in [0.05, 0.1) is 0 Å². The van der Waals surface area contributed by atoms with Crippen molar-refractivity contribution in [3.63, 3.8) is 0 Å². The summed E-state index contributed by atoms with van der Waals surface area (Å²) in [5, 5.41) is 10.1. The van der Waals surface area contributed by atoms with Gasteiger partial charge in [0.1, 0.15) is 12.0 Å². The smallest absolute Gasteiger partial charge is 0.347 e. The highest BCUT2D eigenvalue weighted by atomic mass is 16.6. The number of ether oxygens (including phenoxy) is 1. The number of hydrogen-bond donors (Lipinski definition) is 1. The number of carbonyl (C=O) groups is 3. The van der Waals surface area contributed by atoms with Crippen molar-refractivity contribution in [3.8, 4) is 0 Å². The zero-order chi connectivity index (χ0) is 12.8. The Kier molecular flexibility index (Phi) is 2.32. The minimum atomic E-state index is -2.37. The molecule has 0 radical (unpaired) electrons. The fraction of sp³-hybridized carbons (Fsp3) is 0.417. The highest BCUT2D eigenvalue weighted by molar-refractivity contribution is 6.25. The molecule has 1 heterocycles. The molecule has 1 saturated heterocycles. The first-order chi connectivity index (χ1) is 7.88. The zero-order valence-corrected chi connectivity index (χ0v) is 9.36. The number of allylic oxidation sites excluding steroid dienone is 2. The summed E-state index contributed by atoms with van der Waals surface area (Å²) in [6, 6.07) is 0. The number of fused-ring (bicyclic) bond motifs is 1. The molecule has 0 aromatic heterocycles. The fourth-order valence-corrected chi connectivity index (χ4v) is 2.24. The van der Waals surface area contributed by atoms with E-state index < -0.39 is 28.6 Å². The van der Waals surface area contributed by atoms with Crippen LogP contribution < -0.4 is 0 Å². The van der Waals surface area contributed by atoms with Crippen LogP contribution in [0.2, 0.25) is 0 Å². The number of carbonyl (C=O) groups excluding carboxylic acids is 3. The Morgan fingerprint density at radius 1 is 1.53 bits per heavy atom. The quantitative estimate of drug-likeness (QED) is 0.412. The first kappa shape index (κ1) is 11.7. The number of Topliss-reactive ketones (excluding diaryl/α,β-unsaturated/α-hetero) is 1. The van der Waals surface area contributed by atoms with Crippen molar-refractivity contribution in [1.82, 2.24) is 0 Å². The largest absolute Gasteiger partial charge is 0.462 e. The molecule has 0 aromatic rings. The van der Waals surface area contributed by atoms with E-state index in [1.807, 2.05) is 0 Å². The number of hydrogen-bond acceptors (Lipinski definition) is 5. The van der Waals surface area contributed by atoms with Gasteiger partial charge < -0.3 is 9.84 Å². The van der Waals surface area contributed by atoms with Crippen molar-refractivity contribution in [2.75, 3.05) is 6.61 Å². The molecule has 0 bridgehead atoms. The summed E-state index contributed by atoms with van der Waals surface area (Å²) in [7, 11) is 0. The highest BCUT2D eigenvalue weighted by Crippen LogP contribution is 2.45. The van der Waals surface area contributed by atoms with Crippen LogP contribution in [0.1, 0.15) is 13.3 Å². The van der Waals surface area contributed by atoms with Crippen molar-refractivity contribution < 1.29 is 24.2 Å². The van der Waals surface area contributed by atoms with Crippen LogP contribution in [0, 0.1) is 5.41 Å².